The van der Waals surface area contributed by atoms with Gasteiger partial charge in [0.2, 0.25) is 0 Å². The molecule has 4 rings (SSSR count). The molecule has 0 spiro atoms. The van der Waals surface area contributed by atoms with Crippen molar-refractivity contribution in [2.75, 3.05) is 43.9 Å². The first kappa shape index (κ1) is 27.2. The Morgan fingerprint density at radius 3 is 2.58 bits per heavy atom. The number of benzene rings is 1. The SMILES string of the molecule is C/C=C(\N=NCC)N1CCN(c2ccc3cnc(CNC(=O)c4ccc(C)c(S(C)(=O)=O)c4)cc3n2)CC1. The van der Waals surface area contributed by atoms with Gasteiger partial charge in [-0.3, -0.25) is 9.78 Å². The number of nitrogens with zero attached hydrogens (tertiary/aromatic N) is 6. The van der Waals surface area contributed by atoms with Crippen molar-refractivity contribution in [3.8, 4) is 0 Å². The van der Waals surface area contributed by atoms with Gasteiger partial charge in [0.15, 0.2) is 9.84 Å². The molecule has 200 valence electrons. The van der Waals surface area contributed by atoms with Crippen LogP contribution in [0.25, 0.3) is 10.9 Å². The molecule has 1 saturated heterocycles. The molecule has 10 nitrogen and oxygen atoms in total. The van der Waals surface area contributed by atoms with Crippen molar-refractivity contribution >= 4 is 32.5 Å². The molecule has 1 N–H and O–H groups in total. The summed E-state index contributed by atoms with van der Waals surface area (Å²) in [7, 11) is -3.43. The molecule has 1 fully saturated rings. The summed E-state index contributed by atoms with van der Waals surface area (Å²) in [4.78, 5) is 26.7. The molecule has 1 aliphatic heterocycles. The van der Waals surface area contributed by atoms with E-state index in [2.05, 4.69) is 30.3 Å². The van der Waals surface area contributed by atoms with Crippen molar-refractivity contribution in [1.82, 2.24) is 20.2 Å². The van der Waals surface area contributed by atoms with Crippen LogP contribution >= 0.6 is 0 Å². The first-order valence-electron chi connectivity index (χ1n) is 12.6. The highest BCUT2D eigenvalue weighted by molar-refractivity contribution is 7.90. The third-order valence-corrected chi connectivity index (χ3v) is 7.63. The van der Waals surface area contributed by atoms with Crippen LogP contribution in [0.15, 0.2) is 69.6 Å². The minimum absolute atomic E-state index is 0.152. The molecule has 1 aliphatic rings. The highest BCUT2D eigenvalue weighted by atomic mass is 32.2. The lowest BCUT2D eigenvalue weighted by molar-refractivity contribution is 0.0950. The van der Waals surface area contributed by atoms with E-state index in [1.54, 1.807) is 25.3 Å². The van der Waals surface area contributed by atoms with Gasteiger partial charge in [0, 0.05) is 49.6 Å². The standard InChI is InChI=1S/C27H33N7O3S/c1-5-25(32-30-6-2)33-11-13-34(14-12-33)26-10-9-21-17-28-22(16-23(21)31-26)18-29-27(35)20-8-7-19(3)24(15-20)38(4,36)37/h5,7-10,15-17H,6,11-14,18H2,1-4H3,(H,29,35)/b25-5+,32-30?. The molecule has 0 radical (unpaired) electrons. The monoisotopic (exact) mass is 535 g/mol. The zero-order chi connectivity index (χ0) is 27.3. The third-order valence-electron chi connectivity index (χ3n) is 6.40. The lowest BCUT2D eigenvalue weighted by atomic mass is 10.1. The molecule has 0 atom stereocenters. The van der Waals surface area contributed by atoms with E-state index in [-0.39, 0.29) is 22.9 Å². The Balaban J connectivity index is 1.43. The number of nitrogens with one attached hydrogen (secondary N) is 1. The Morgan fingerprint density at radius 1 is 1.13 bits per heavy atom. The van der Waals surface area contributed by atoms with E-state index >= 15 is 0 Å². The van der Waals surface area contributed by atoms with Gasteiger partial charge in [-0.05, 0) is 62.7 Å². The summed E-state index contributed by atoms with van der Waals surface area (Å²) >= 11 is 0. The summed E-state index contributed by atoms with van der Waals surface area (Å²) in [6.45, 7) is 9.80. The lowest BCUT2D eigenvalue weighted by Crippen LogP contribution is -2.45. The maximum atomic E-state index is 12.7. The van der Waals surface area contributed by atoms with Crippen molar-refractivity contribution < 1.29 is 13.2 Å². The number of amides is 1. The summed E-state index contributed by atoms with van der Waals surface area (Å²) in [5, 5.41) is 12.2. The second-order valence-electron chi connectivity index (χ2n) is 9.15. The minimum Gasteiger partial charge on any atom is -0.353 e. The van der Waals surface area contributed by atoms with Crippen molar-refractivity contribution in [3.05, 3.63) is 71.3 Å². The molecule has 2 aromatic heterocycles. The fourth-order valence-electron chi connectivity index (χ4n) is 4.35. The Kier molecular flexibility index (Phi) is 8.35. The van der Waals surface area contributed by atoms with Crippen molar-refractivity contribution in [1.29, 1.82) is 0 Å². The third kappa shape index (κ3) is 6.34. The Labute approximate surface area is 223 Å². The van der Waals surface area contributed by atoms with Crippen molar-refractivity contribution in [2.24, 2.45) is 10.2 Å². The fraction of sp³-hybridized carbons (Fsp3) is 0.370. The number of piperazine rings is 1. The smallest absolute Gasteiger partial charge is 0.251 e. The van der Waals surface area contributed by atoms with Crippen LogP contribution in [0.5, 0.6) is 0 Å². The second-order valence-corrected chi connectivity index (χ2v) is 11.1. The van der Waals surface area contributed by atoms with Gasteiger partial charge in [0.1, 0.15) is 11.6 Å². The van der Waals surface area contributed by atoms with Gasteiger partial charge in [-0.1, -0.05) is 6.07 Å². The molecular weight excluding hydrogens is 502 g/mol. The number of azo groups is 1. The van der Waals surface area contributed by atoms with Gasteiger partial charge in [-0.25, -0.2) is 13.4 Å². The Hall–Kier alpha value is -3.86. The second kappa shape index (κ2) is 11.7. The summed E-state index contributed by atoms with van der Waals surface area (Å²) in [6, 6.07) is 10.5. The molecule has 3 heterocycles. The number of allylic oxidation sites excluding steroid dienone is 1. The summed E-state index contributed by atoms with van der Waals surface area (Å²) in [6.07, 6.45) is 4.87. The van der Waals surface area contributed by atoms with Crippen LogP contribution in [0.1, 0.15) is 35.5 Å². The van der Waals surface area contributed by atoms with Crippen LogP contribution in [0, 0.1) is 6.92 Å². The molecule has 1 amide bonds. The van der Waals surface area contributed by atoms with E-state index in [1.807, 2.05) is 38.1 Å². The van der Waals surface area contributed by atoms with Gasteiger partial charge in [0.25, 0.3) is 5.91 Å². The fourth-order valence-corrected chi connectivity index (χ4v) is 5.34. The number of anilines is 1. The van der Waals surface area contributed by atoms with Crippen LogP contribution < -0.4 is 10.2 Å². The summed E-state index contributed by atoms with van der Waals surface area (Å²) in [5.41, 5.74) is 2.35. The largest absolute Gasteiger partial charge is 0.353 e. The maximum Gasteiger partial charge on any atom is 0.251 e. The zero-order valence-corrected chi connectivity index (χ0v) is 23.0. The van der Waals surface area contributed by atoms with E-state index in [1.165, 1.54) is 6.07 Å². The molecule has 0 aliphatic carbocycles. The van der Waals surface area contributed by atoms with E-state index in [0.717, 1.165) is 55.0 Å². The molecular formula is C27H33N7O3S. The average molecular weight is 536 g/mol. The van der Waals surface area contributed by atoms with Crippen LogP contribution in [0.2, 0.25) is 0 Å². The Bertz CT molecular complexity index is 1490. The number of fused-ring (bicyclic) bond motifs is 1. The number of rotatable bonds is 8. The first-order valence-corrected chi connectivity index (χ1v) is 14.5. The number of carbonyl (C=O) groups excluding carboxylic acids is 1. The summed E-state index contributed by atoms with van der Waals surface area (Å²) < 4.78 is 24.0. The molecule has 1 aromatic carbocycles. The molecule has 0 bridgehead atoms. The minimum atomic E-state index is -3.43. The molecule has 38 heavy (non-hydrogen) atoms. The van der Waals surface area contributed by atoms with Crippen molar-refractivity contribution in [2.45, 2.75) is 32.2 Å². The molecule has 0 unspecified atom stereocenters. The predicted molar refractivity (Wildman–Crippen MR) is 148 cm³/mol. The quantitative estimate of drug-likeness (QED) is 0.437. The van der Waals surface area contributed by atoms with E-state index < -0.39 is 9.84 Å². The van der Waals surface area contributed by atoms with Gasteiger partial charge in [-0.15, -0.1) is 5.11 Å². The molecule has 3 aromatic rings. The maximum absolute atomic E-state index is 12.7. The van der Waals surface area contributed by atoms with Gasteiger partial charge >= 0.3 is 0 Å². The lowest BCUT2D eigenvalue weighted by Gasteiger charge is -2.36. The van der Waals surface area contributed by atoms with Crippen LogP contribution in [0.4, 0.5) is 5.82 Å². The normalized spacial score (nSPS) is 14.9. The Morgan fingerprint density at radius 2 is 1.89 bits per heavy atom. The van der Waals surface area contributed by atoms with E-state index in [4.69, 9.17) is 4.98 Å². The number of pyridine rings is 2. The number of sulfone groups is 1. The zero-order valence-electron chi connectivity index (χ0n) is 22.2. The van der Waals surface area contributed by atoms with E-state index in [9.17, 15) is 13.2 Å². The predicted octanol–water partition coefficient (Wildman–Crippen LogP) is 3.73. The van der Waals surface area contributed by atoms with Crippen LogP contribution in [-0.2, 0) is 16.4 Å². The van der Waals surface area contributed by atoms with Crippen LogP contribution in [0.3, 0.4) is 0 Å². The highest BCUT2D eigenvalue weighted by Gasteiger charge is 2.20. The van der Waals surface area contributed by atoms with Gasteiger partial charge < -0.3 is 15.1 Å². The van der Waals surface area contributed by atoms with Gasteiger partial charge in [0.05, 0.1) is 29.2 Å². The topological polar surface area (TPSA) is 120 Å². The average Bonchev–Trinajstić information content (AvgIpc) is 2.91. The number of carbonyl (C=O) groups is 1. The number of hydrogen-bond acceptors (Lipinski definition) is 9. The molecule has 0 saturated carbocycles. The van der Waals surface area contributed by atoms with Crippen molar-refractivity contribution in [3.63, 3.8) is 0 Å². The number of aromatic nitrogens is 2. The molecule has 11 heteroatoms. The van der Waals surface area contributed by atoms with Crippen LogP contribution in [-0.4, -0.2) is 68.2 Å². The highest BCUT2D eigenvalue weighted by Crippen LogP contribution is 2.21. The number of aryl methyl sites for hydroxylation is 1. The van der Waals surface area contributed by atoms with E-state index in [0.29, 0.717) is 17.8 Å². The number of hydrogen-bond donors (Lipinski definition) is 1. The first-order chi connectivity index (χ1) is 18.2. The van der Waals surface area contributed by atoms with Gasteiger partial charge in [-0.2, -0.15) is 5.11 Å². The summed E-state index contributed by atoms with van der Waals surface area (Å²) in [5.74, 6) is 1.42.